The van der Waals surface area contributed by atoms with Crippen molar-refractivity contribution in [2.75, 3.05) is 54.1 Å². The predicted octanol–water partition coefficient (Wildman–Crippen LogP) is 18.2. The van der Waals surface area contributed by atoms with E-state index in [1.54, 1.807) is 0 Å². The lowest BCUT2D eigenvalue weighted by atomic mass is 10.0. The van der Waals surface area contributed by atoms with E-state index in [4.69, 9.17) is 18.5 Å². The Morgan fingerprint density at radius 2 is 0.841 bits per heavy atom. The highest BCUT2D eigenvalue weighted by atomic mass is 31.2. The van der Waals surface area contributed by atoms with Crippen molar-refractivity contribution in [2.24, 2.45) is 0 Å². The number of carbonyl (C=O) groups is 1. The van der Waals surface area contributed by atoms with Gasteiger partial charge in [0.25, 0.3) is 0 Å². The first kappa shape index (κ1) is 66.9. The van der Waals surface area contributed by atoms with Gasteiger partial charge in [-0.25, -0.2) is 4.57 Å². The number of phosphoric ester groups is 1. The zero-order valence-corrected chi connectivity index (χ0v) is 46.7. The minimum absolute atomic E-state index is 0.0848. The van der Waals surface area contributed by atoms with E-state index < -0.39 is 13.9 Å². The zero-order valence-electron chi connectivity index (χ0n) is 45.8. The maximum atomic E-state index is 12.8. The van der Waals surface area contributed by atoms with Gasteiger partial charge in [-0.05, 0) is 83.5 Å². The summed E-state index contributed by atoms with van der Waals surface area (Å²) in [4.78, 5) is 23.1. The number of unbranched alkanes of at least 4 members (excludes halogenated alkanes) is 27. The van der Waals surface area contributed by atoms with Gasteiger partial charge in [0.1, 0.15) is 19.3 Å². The van der Waals surface area contributed by atoms with Gasteiger partial charge in [-0.15, -0.1) is 0 Å². The quantitative estimate of drug-likeness (QED) is 0.0213. The average molecular weight is 990 g/mol. The third-order valence-corrected chi connectivity index (χ3v) is 13.2. The van der Waals surface area contributed by atoms with Crippen LogP contribution in [0.25, 0.3) is 0 Å². The number of rotatable bonds is 53. The molecule has 0 spiro atoms. The Morgan fingerprint density at radius 3 is 1.26 bits per heavy atom. The molecule has 0 aromatic carbocycles. The standard InChI is InChI=1S/C60H110NO7P/c1-6-8-10-12-14-16-18-20-22-24-26-28-30-31-32-33-35-37-39-41-43-45-47-49-51-53-60(62)68-59(58-67-69(63,64)66-56-54-61(3,4)5)57-65-55-52-50-48-46-44-42-40-38-36-34-29-27-25-23-21-19-17-15-13-11-9-7-2/h9,11,15,17-18,20-21,23-24,26-27,29,59H,6-8,10,12-14,16,19,22,25,28,30-58H2,1-5H3/p+1/b11-9-,17-15-,20-18-,23-21-,26-24-,29-27-. The Kier molecular flexibility index (Phi) is 50.7. The molecule has 0 rings (SSSR count). The van der Waals surface area contributed by atoms with Gasteiger partial charge in [-0.3, -0.25) is 13.8 Å². The molecule has 1 N–H and O–H groups in total. The minimum atomic E-state index is -4.29. The van der Waals surface area contributed by atoms with Crippen LogP contribution >= 0.6 is 7.82 Å². The van der Waals surface area contributed by atoms with Gasteiger partial charge >= 0.3 is 13.8 Å². The summed E-state index contributed by atoms with van der Waals surface area (Å²) in [7, 11) is 1.66. The molecule has 0 fully saturated rings. The lowest BCUT2D eigenvalue weighted by Gasteiger charge is -2.24. The number of esters is 1. The fourth-order valence-corrected chi connectivity index (χ4v) is 8.61. The topological polar surface area (TPSA) is 91.3 Å². The van der Waals surface area contributed by atoms with E-state index in [0.717, 1.165) is 64.2 Å². The number of carbonyl (C=O) groups excluding carboxylic acids is 1. The molecule has 0 saturated carbocycles. The molecule has 0 aliphatic carbocycles. The average Bonchev–Trinajstić information content (AvgIpc) is 3.31. The van der Waals surface area contributed by atoms with Crippen LogP contribution < -0.4 is 0 Å². The number of hydrogen-bond acceptors (Lipinski definition) is 6. The number of quaternary nitrogens is 1. The van der Waals surface area contributed by atoms with E-state index in [2.05, 4.69) is 86.8 Å². The van der Waals surface area contributed by atoms with E-state index in [9.17, 15) is 14.3 Å². The molecule has 0 aromatic rings. The van der Waals surface area contributed by atoms with E-state index in [0.29, 0.717) is 24.1 Å². The maximum Gasteiger partial charge on any atom is 0.472 e. The monoisotopic (exact) mass is 989 g/mol. The van der Waals surface area contributed by atoms with Crippen LogP contribution in [0.2, 0.25) is 0 Å². The molecule has 402 valence electrons. The Labute approximate surface area is 427 Å². The summed E-state index contributed by atoms with van der Waals surface area (Å²) in [5.41, 5.74) is 0. The molecule has 0 aliphatic heterocycles. The highest BCUT2D eigenvalue weighted by Crippen LogP contribution is 2.43. The number of likely N-dealkylation sites (N-methyl/N-ethyl adjacent to an activating group) is 1. The zero-order chi connectivity index (χ0) is 50.5. The number of ether oxygens (including phenoxy) is 2. The van der Waals surface area contributed by atoms with Crippen LogP contribution in [0.1, 0.15) is 245 Å². The lowest BCUT2D eigenvalue weighted by Crippen LogP contribution is -2.37. The molecule has 0 saturated heterocycles. The molecule has 0 bridgehead atoms. The summed E-state index contributed by atoms with van der Waals surface area (Å²) in [6.07, 6.45) is 69.6. The van der Waals surface area contributed by atoms with Crippen molar-refractivity contribution in [1.29, 1.82) is 0 Å². The van der Waals surface area contributed by atoms with E-state index >= 15 is 0 Å². The molecule has 2 unspecified atom stereocenters. The normalized spacial score (nSPS) is 14.0. The van der Waals surface area contributed by atoms with E-state index in [-0.39, 0.29) is 25.8 Å². The molecule has 9 heteroatoms. The molecule has 0 aliphatic rings. The molecular formula is C60H111NO7P+. The predicted molar refractivity (Wildman–Crippen MR) is 298 cm³/mol. The largest absolute Gasteiger partial charge is 0.472 e. The number of nitrogens with zero attached hydrogens (tertiary/aromatic N) is 1. The molecule has 2 atom stereocenters. The van der Waals surface area contributed by atoms with Gasteiger partial charge in [0.15, 0.2) is 0 Å². The van der Waals surface area contributed by atoms with Crippen LogP contribution in [0, 0.1) is 0 Å². The number of hydrogen-bond donors (Lipinski definition) is 1. The van der Waals surface area contributed by atoms with Gasteiger partial charge < -0.3 is 18.9 Å². The van der Waals surface area contributed by atoms with Gasteiger partial charge in [0.2, 0.25) is 0 Å². The first-order valence-corrected chi connectivity index (χ1v) is 30.2. The fraction of sp³-hybridized carbons (Fsp3) is 0.783. The summed E-state index contributed by atoms with van der Waals surface area (Å²) < 4.78 is 35.3. The second kappa shape index (κ2) is 52.3. The summed E-state index contributed by atoms with van der Waals surface area (Å²) in [5, 5.41) is 0. The molecule has 0 amide bonds. The number of phosphoric acid groups is 1. The van der Waals surface area contributed by atoms with Crippen LogP contribution in [-0.2, 0) is 27.9 Å². The second-order valence-electron chi connectivity index (χ2n) is 20.3. The van der Waals surface area contributed by atoms with Crippen molar-refractivity contribution < 1.29 is 37.3 Å². The van der Waals surface area contributed by atoms with Crippen molar-refractivity contribution in [2.45, 2.75) is 251 Å². The smallest absolute Gasteiger partial charge is 0.457 e. The molecule has 0 radical (unpaired) electrons. The van der Waals surface area contributed by atoms with E-state index in [1.807, 2.05) is 21.1 Å². The van der Waals surface area contributed by atoms with Crippen molar-refractivity contribution in [3.8, 4) is 0 Å². The first-order valence-electron chi connectivity index (χ1n) is 28.7. The Bertz CT molecular complexity index is 1330. The highest BCUT2D eigenvalue weighted by molar-refractivity contribution is 7.47. The Balaban J connectivity index is 4.09. The van der Waals surface area contributed by atoms with Crippen molar-refractivity contribution in [3.63, 3.8) is 0 Å². The molecular weight excluding hydrogens is 878 g/mol. The number of allylic oxidation sites excluding steroid dienone is 12. The summed E-state index contributed by atoms with van der Waals surface area (Å²) in [6.45, 7) is 5.51. The molecule has 0 heterocycles. The fourth-order valence-electron chi connectivity index (χ4n) is 7.87. The molecule has 69 heavy (non-hydrogen) atoms. The maximum absolute atomic E-state index is 12.8. The third-order valence-electron chi connectivity index (χ3n) is 12.3. The van der Waals surface area contributed by atoms with Gasteiger partial charge in [-0.2, -0.15) is 0 Å². The van der Waals surface area contributed by atoms with Gasteiger partial charge in [0.05, 0.1) is 34.4 Å². The van der Waals surface area contributed by atoms with Crippen LogP contribution in [0.15, 0.2) is 72.9 Å². The Hall–Kier alpha value is -2.06. The molecule has 8 nitrogen and oxygen atoms in total. The summed E-state index contributed by atoms with van der Waals surface area (Å²) in [5.74, 6) is -0.316. The van der Waals surface area contributed by atoms with Crippen LogP contribution in [0.5, 0.6) is 0 Å². The van der Waals surface area contributed by atoms with Crippen LogP contribution in [-0.4, -0.2) is 75.6 Å². The van der Waals surface area contributed by atoms with Gasteiger partial charge in [-0.1, -0.05) is 228 Å². The Morgan fingerprint density at radius 1 is 0.464 bits per heavy atom. The second-order valence-corrected chi connectivity index (χ2v) is 21.7. The summed E-state index contributed by atoms with van der Waals surface area (Å²) in [6, 6.07) is 0. The molecule has 0 aromatic heterocycles. The van der Waals surface area contributed by atoms with Crippen LogP contribution in [0.3, 0.4) is 0 Å². The van der Waals surface area contributed by atoms with Crippen molar-refractivity contribution >= 4 is 13.8 Å². The minimum Gasteiger partial charge on any atom is -0.457 e. The van der Waals surface area contributed by atoms with E-state index in [1.165, 1.54) is 161 Å². The van der Waals surface area contributed by atoms with Crippen molar-refractivity contribution in [3.05, 3.63) is 72.9 Å². The lowest BCUT2D eigenvalue weighted by molar-refractivity contribution is -0.870. The van der Waals surface area contributed by atoms with Crippen LogP contribution in [0.4, 0.5) is 0 Å². The highest BCUT2D eigenvalue weighted by Gasteiger charge is 2.26. The van der Waals surface area contributed by atoms with Gasteiger partial charge in [0, 0.05) is 13.0 Å². The first-order chi connectivity index (χ1) is 33.6. The third kappa shape index (κ3) is 56.7. The summed E-state index contributed by atoms with van der Waals surface area (Å²) >= 11 is 0. The van der Waals surface area contributed by atoms with Crippen molar-refractivity contribution in [1.82, 2.24) is 0 Å². The SMILES string of the molecule is CC/C=C\C/C=C\C/C=C\C/C=C\CCCCCCCCCCCOCC(COP(=O)(O)OCC[N+](C)(C)C)OC(=O)CCCCCCCCCCCCCCC/C=C\C/C=C\CCCCCCC.